The molecule has 15 heavy (non-hydrogen) atoms. The Labute approximate surface area is 104 Å². The predicted molar refractivity (Wildman–Crippen MR) is 68.7 cm³/mol. The molecule has 0 fully saturated rings. The van der Waals surface area contributed by atoms with Crippen molar-refractivity contribution in [3.05, 3.63) is 33.4 Å². The van der Waals surface area contributed by atoms with Gasteiger partial charge >= 0.3 is 0 Å². The maximum atomic E-state index is 11.3. The largest absolute Gasteiger partial charge is 0.396 e. The van der Waals surface area contributed by atoms with Gasteiger partial charge < -0.3 is 5.11 Å². The molecule has 1 aromatic rings. The molecule has 0 amide bonds. The number of aliphatic hydroxyl groups excluding tert-OH is 1. The molecule has 0 saturated carbocycles. The van der Waals surface area contributed by atoms with Crippen LogP contribution in [0.25, 0.3) is 0 Å². The Morgan fingerprint density at radius 2 is 2.00 bits per heavy atom. The molecule has 0 aromatic heterocycles. The molecule has 1 rings (SSSR count). The summed E-state index contributed by atoms with van der Waals surface area (Å²) in [6.45, 7) is 1.67. The first-order valence-corrected chi connectivity index (χ1v) is 6.07. The third kappa shape index (κ3) is 4.30. The fraction of sp³-hybridized carbons (Fsp3) is 0.417. The number of Topliss-reactive ketones (excluding diaryl/α,β-unsaturated/α-hetero) is 1. The first-order chi connectivity index (χ1) is 7.13. The summed E-state index contributed by atoms with van der Waals surface area (Å²) in [6, 6.07) is 8.14. The summed E-state index contributed by atoms with van der Waals surface area (Å²) in [5.41, 5.74) is 1.16. The van der Waals surface area contributed by atoms with Crippen LogP contribution in [0.2, 0.25) is 0 Å². The van der Waals surface area contributed by atoms with E-state index in [0.717, 1.165) is 12.0 Å². The van der Waals surface area contributed by atoms with Crippen LogP contribution in [0.1, 0.15) is 18.9 Å². The normalized spacial score (nSPS) is 12.5. The Balaban J connectivity index is 2.65. The number of carbonyl (C=O) groups is 1. The third-order valence-corrected chi connectivity index (χ3v) is 3.17. The van der Waals surface area contributed by atoms with Gasteiger partial charge in [-0.3, -0.25) is 4.79 Å². The number of rotatable bonds is 5. The molecular formula is C12H15IO2. The molecule has 1 aromatic carbocycles. The van der Waals surface area contributed by atoms with Gasteiger partial charge in [-0.1, -0.05) is 12.1 Å². The molecule has 0 bridgehead atoms. The summed E-state index contributed by atoms with van der Waals surface area (Å²) in [5.74, 6) is 0.109. The number of halogens is 1. The van der Waals surface area contributed by atoms with Crippen LogP contribution < -0.4 is 0 Å². The van der Waals surface area contributed by atoms with E-state index in [2.05, 4.69) is 22.6 Å². The van der Waals surface area contributed by atoms with Crippen molar-refractivity contribution in [1.29, 1.82) is 0 Å². The fourth-order valence-electron chi connectivity index (χ4n) is 1.51. The van der Waals surface area contributed by atoms with E-state index in [1.807, 2.05) is 24.3 Å². The molecule has 0 spiro atoms. The van der Waals surface area contributed by atoms with Crippen LogP contribution in [0.3, 0.4) is 0 Å². The van der Waals surface area contributed by atoms with Gasteiger partial charge in [-0.15, -0.1) is 0 Å². The third-order valence-electron chi connectivity index (χ3n) is 2.45. The Morgan fingerprint density at radius 3 is 2.47 bits per heavy atom. The van der Waals surface area contributed by atoms with E-state index >= 15 is 0 Å². The molecule has 0 aliphatic rings. The number of hydrogen-bond donors (Lipinski definition) is 1. The van der Waals surface area contributed by atoms with Gasteiger partial charge in [-0.25, -0.2) is 0 Å². The van der Waals surface area contributed by atoms with E-state index in [-0.39, 0.29) is 18.3 Å². The maximum Gasteiger partial charge on any atom is 0.133 e. The van der Waals surface area contributed by atoms with Crippen molar-refractivity contribution < 1.29 is 9.90 Å². The molecule has 0 saturated heterocycles. The van der Waals surface area contributed by atoms with Crippen LogP contribution in [0.4, 0.5) is 0 Å². The first kappa shape index (κ1) is 12.6. The van der Waals surface area contributed by atoms with Gasteiger partial charge in [-0.05, 0) is 60.1 Å². The zero-order chi connectivity index (χ0) is 11.3. The molecule has 1 atom stereocenters. The zero-order valence-corrected chi connectivity index (χ0v) is 10.9. The Hall–Kier alpha value is -0.420. The first-order valence-electron chi connectivity index (χ1n) is 4.99. The standard InChI is InChI=1S/C12H15IO2/c1-9(15)11(6-7-14)8-10-2-4-12(13)5-3-10/h2-5,11,14H,6-8H2,1H3. The lowest BCUT2D eigenvalue weighted by atomic mass is 9.93. The minimum atomic E-state index is -0.0462. The van der Waals surface area contributed by atoms with Crippen molar-refractivity contribution in [3.8, 4) is 0 Å². The predicted octanol–water partition coefficient (Wildman–Crippen LogP) is 2.42. The number of ketones is 1. The minimum Gasteiger partial charge on any atom is -0.396 e. The minimum absolute atomic E-state index is 0.0462. The van der Waals surface area contributed by atoms with Crippen molar-refractivity contribution in [3.63, 3.8) is 0 Å². The number of hydrogen-bond acceptors (Lipinski definition) is 2. The highest BCUT2D eigenvalue weighted by molar-refractivity contribution is 14.1. The number of carbonyl (C=O) groups excluding carboxylic acids is 1. The van der Waals surface area contributed by atoms with Gasteiger partial charge in [0, 0.05) is 16.1 Å². The van der Waals surface area contributed by atoms with Crippen LogP contribution in [0.15, 0.2) is 24.3 Å². The monoisotopic (exact) mass is 318 g/mol. The van der Waals surface area contributed by atoms with E-state index in [0.29, 0.717) is 6.42 Å². The fourth-order valence-corrected chi connectivity index (χ4v) is 1.87. The molecule has 1 unspecified atom stereocenters. The van der Waals surface area contributed by atoms with E-state index in [9.17, 15) is 4.79 Å². The summed E-state index contributed by atoms with van der Waals surface area (Å²) in [5, 5.41) is 8.85. The Bertz CT molecular complexity index is 319. The highest BCUT2D eigenvalue weighted by Gasteiger charge is 2.13. The second-order valence-electron chi connectivity index (χ2n) is 3.65. The summed E-state index contributed by atoms with van der Waals surface area (Å²) >= 11 is 2.25. The van der Waals surface area contributed by atoms with Crippen molar-refractivity contribution in [1.82, 2.24) is 0 Å². The van der Waals surface area contributed by atoms with Crippen molar-refractivity contribution >= 4 is 28.4 Å². The van der Waals surface area contributed by atoms with Gasteiger partial charge in [-0.2, -0.15) is 0 Å². The van der Waals surface area contributed by atoms with Crippen LogP contribution in [0, 0.1) is 9.49 Å². The van der Waals surface area contributed by atoms with Crippen molar-refractivity contribution in [2.24, 2.45) is 5.92 Å². The molecule has 0 aliphatic heterocycles. The molecular weight excluding hydrogens is 303 g/mol. The van der Waals surface area contributed by atoms with Gasteiger partial charge in [0.05, 0.1) is 0 Å². The summed E-state index contributed by atoms with van der Waals surface area (Å²) in [7, 11) is 0. The van der Waals surface area contributed by atoms with Crippen molar-refractivity contribution in [2.75, 3.05) is 6.61 Å². The molecule has 0 radical (unpaired) electrons. The van der Waals surface area contributed by atoms with E-state index in [4.69, 9.17) is 5.11 Å². The lowest BCUT2D eigenvalue weighted by molar-refractivity contribution is -0.121. The lowest BCUT2D eigenvalue weighted by Gasteiger charge is -2.12. The number of aliphatic hydroxyl groups is 1. The van der Waals surface area contributed by atoms with Crippen LogP contribution in [0.5, 0.6) is 0 Å². The summed E-state index contributed by atoms with van der Waals surface area (Å²) < 4.78 is 1.19. The maximum absolute atomic E-state index is 11.3. The molecule has 0 aliphatic carbocycles. The van der Waals surface area contributed by atoms with Crippen LogP contribution in [-0.4, -0.2) is 17.5 Å². The lowest BCUT2D eigenvalue weighted by Crippen LogP contribution is -2.15. The molecule has 82 valence electrons. The van der Waals surface area contributed by atoms with Crippen LogP contribution >= 0.6 is 22.6 Å². The van der Waals surface area contributed by atoms with Gasteiger partial charge in [0.15, 0.2) is 0 Å². The van der Waals surface area contributed by atoms with Gasteiger partial charge in [0.2, 0.25) is 0 Å². The Kier molecular flexibility index (Phi) is 5.25. The second kappa shape index (κ2) is 6.23. The van der Waals surface area contributed by atoms with E-state index in [1.165, 1.54) is 3.57 Å². The molecule has 1 N–H and O–H groups in total. The van der Waals surface area contributed by atoms with Gasteiger partial charge in [0.1, 0.15) is 5.78 Å². The second-order valence-corrected chi connectivity index (χ2v) is 4.90. The zero-order valence-electron chi connectivity index (χ0n) is 8.74. The van der Waals surface area contributed by atoms with Gasteiger partial charge in [0.25, 0.3) is 0 Å². The molecule has 2 nitrogen and oxygen atoms in total. The average molecular weight is 318 g/mol. The quantitative estimate of drug-likeness (QED) is 0.847. The topological polar surface area (TPSA) is 37.3 Å². The smallest absolute Gasteiger partial charge is 0.133 e. The highest BCUT2D eigenvalue weighted by Crippen LogP contribution is 2.14. The number of benzene rings is 1. The SMILES string of the molecule is CC(=O)C(CCO)Cc1ccc(I)cc1. The Morgan fingerprint density at radius 1 is 1.40 bits per heavy atom. The molecule has 0 heterocycles. The van der Waals surface area contributed by atoms with Crippen molar-refractivity contribution in [2.45, 2.75) is 19.8 Å². The highest BCUT2D eigenvalue weighted by atomic mass is 127. The van der Waals surface area contributed by atoms with E-state index in [1.54, 1.807) is 6.92 Å². The average Bonchev–Trinajstić information content (AvgIpc) is 2.20. The summed E-state index contributed by atoms with van der Waals surface area (Å²) in [6.07, 6.45) is 1.29. The molecule has 3 heteroatoms. The van der Waals surface area contributed by atoms with E-state index < -0.39 is 0 Å². The van der Waals surface area contributed by atoms with Crippen LogP contribution in [-0.2, 0) is 11.2 Å². The summed E-state index contributed by atoms with van der Waals surface area (Å²) in [4.78, 5) is 11.3.